The van der Waals surface area contributed by atoms with Gasteiger partial charge in [-0.15, -0.1) is 0 Å². The van der Waals surface area contributed by atoms with Crippen molar-refractivity contribution in [2.75, 3.05) is 26.8 Å². The molecule has 17 heavy (non-hydrogen) atoms. The summed E-state index contributed by atoms with van der Waals surface area (Å²) in [5.74, 6) is -0.234. The van der Waals surface area contributed by atoms with Gasteiger partial charge >= 0.3 is 5.97 Å². The first-order valence-electron chi connectivity index (χ1n) is 5.57. The topological polar surface area (TPSA) is 64.8 Å². The van der Waals surface area contributed by atoms with Gasteiger partial charge in [-0.25, -0.2) is 0 Å². The fourth-order valence-corrected chi connectivity index (χ4v) is 1.88. The lowest BCUT2D eigenvalue weighted by atomic mass is 10.2. The van der Waals surface area contributed by atoms with Crippen molar-refractivity contribution in [3.63, 3.8) is 0 Å². The van der Waals surface area contributed by atoms with Crippen molar-refractivity contribution in [2.24, 2.45) is 0 Å². The van der Waals surface area contributed by atoms with E-state index in [-0.39, 0.29) is 12.1 Å². The highest BCUT2D eigenvalue weighted by Gasteiger charge is 2.23. The summed E-state index contributed by atoms with van der Waals surface area (Å²) in [7, 11) is 1.39. The molecule has 2 heterocycles. The minimum atomic E-state index is -0.234. The number of nitrogens with zero attached hydrogens (tertiary/aromatic N) is 2. The smallest absolute Gasteiger partial charge is 0.308 e. The zero-order valence-electron chi connectivity index (χ0n) is 9.80. The van der Waals surface area contributed by atoms with Crippen LogP contribution >= 0.6 is 0 Å². The molecule has 94 valence electrons. The zero-order chi connectivity index (χ0) is 12.1. The molecule has 1 aliphatic rings. The highest BCUT2D eigenvalue weighted by Crippen LogP contribution is 2.12. The molecule has 0 saturated carbocycles. The molecule has 0 amide bonds. The molecule has 1 atom stereocenters. The fourth-order valence-electron chi connectivity index (χ4n) is 1.88. The van der Waals surface area contributed by atoms with E-state index in [1.54, 1.807) is 12.5 Å². The Morgan fingerprint density at radius 3 is 3.29 bits per heavy atom. The van der Waals surface area contributed by atoms with Gasteiger partial charge in [0.1, 0.15) is 6.26 Å². The maximum Gasteiger partial charge on any atom is 0.308 e. The number of methoxy groups -OCH3 is 1. The zero-order valence-corrected chi connectivity index (χ0v) is 9.80. The van der Waals surface area contributed by atoms with Gasteiger partial charge in [-0.3, -0.25) is 9.69 Å². The van der Waals surface area contributed by atoms with E-state index in [4.69, 9.17) is 9.26 Å². The standard InChI is InChI=1S/C11H16N2O4/c1-15-11(14)4-10-7-13(2-3-16-10)6-9-5-12-17-8-9/h5,8,10H,2-4,6-7H2,1H3. The van der Waals surface area contributed by atoms with E-state index in [1.807, 2.05) is 0 Å². The second-order valence-corrected chi connectivity index (χ2v) is 4.04. The first-order chi connectivity index (χ1) is 8.28. The molecule has 1 aliphatic heterocycles. The maximum atomic E-state index is 11.2. The first kappa shape index (κ1) is 12.1. The number of aromatic nitrogens is 1. The Bertz CT molecular complexity index is 352. The number of carbonyl (C=O) groups is 1. The van der Waals surface area contributed by atoms with Crippen LogP contribution in [0, 0.1) is 0 Å². The predicted octanol–water partition coefficient (Wildman–Crippen LogP) is 0.438. The van der Waals surface area contributed by atoms with Crippen molar-refractivity contribution in [1.82, 2.24) is 10.1 Å². The first-order valence-corrected chi connectivity index (χ1v) is 5.57. The van der Waals surface area contributed by atoms with E-state index < -0.39 is 0 Å². The third-order valence-corrected chi connectivity index (χ3v) is 2.73. The van der Waals surface area contributed by atoms with E-state index in [0.29, 0.717) is 13.0 Å². The van der Waals surface area contributed by atoms with Crippen molar-refractivity contribution in [2.45, 2.75) is 19.1 Å². The number of hydrogen-bond donors (Lipinski definition) is 0. The van der Waals surface area contributed by atoms with Crippen LogP contribution in [0.4, 0.5) is 0 Å². The third-order valence-electron chi connectivity index (χ3n) is 2.73. The second-order valence-electron chi connectivity index (χ2n) is 4.04. The van der Waals surface area contributed by atoms with Crippen LogP contribution in [0.1, 0.15) is 12.0 Å². The van der Waals surface area contributed by atoms with Crippen LogP contribution in [0.25, 0.3) is 0 Å². The molecule has 0 aliphatic carbocycles. The Hall–Kier alpha value is -1.40. The molecule has 1 aromatic rings. The number of morpholine rings is 1. The molecular formula is C11H16N2O4. The van der Waals surface area contributed by atoms with Gasteiger partial charge in [-0.2, -0.15) is 0 Å². The fraction of sp³-hybridized carbons (Fsp3) is 0.636. The van der Waals surface area contributed by atoms with Gasteiger partial charge in [0.25, 0.3) is 0 Å². The summed E-state index contributed by atoms with van der Waals surface area (Å²) in [6.07, 6.45) is 3.54. The second kappa shape index (κ2) is 5.79. The number of hydrogen-bond acceptors (Lipinski definition) is 6. The molecule has 1 unspecified atom stereocenters. The number of carbonyl (C=O) groups excluding carboxylic acids is 1. The maximum absolute atomic E-state index is 11.2. The van der Waals surface area contributed by atoms with E-state index in [0.717, 1.165) is 25.2 Å². The molecule has 1 aromatic heterocycles. The van der Waals surface area contributed by atoms with Gasteiger partial charge in [0.15, 0.2) is 0 Å². The Labute approximate surface area is 99.5 Å². The van der Waals surface area contributed by atoms with E-state index in [1.165, 1.54) is 7.11 Å². The normalized spacial score (nSPS) is 21.4. The van der Waals surface area contributed by atoms with Gasteiger partial charge in [0.05, 0.1) is 32.4 Å². The van der Waals surface area contributed by atoms with E-state index in [2.05, 4.69) is 14.8 Å². The van der Waals surface area contributed by atoms with Crippen LogP contribution in [0.5, 0.6) is 0 Å². The van der Waals surface area contributed by atoms with Crippen LogP contribution in [0.15, 0.2) is 17.0 Å². The molecule has 6 nitrogen and oxygen atoms in total. The third kappa shape index (κ3) is 3.54. The molecule has 0 bridgehead atoms. The van der Waals surface area contributed by atoms with Crippen LogP contribution < -0.4 is 0 Å². The van der Waals surface area contributed by atoms with Crippen LogP contribution in [0.3, 0.4) is 0 Å². The Balaban J connectivity index is 1.82. The molecule has 6 heteroatoms. The average Bonchev–Trinajstić information content (AvgIpc) is 2.82. The molecule has 2 rings (SSSR count). The molecular weight excluding hydrogens is 224 g/mol. The van der Waals surface area contributed by atoms with Gasteiger partial charge < -0.3 is 14.0 Å². The van der Waals surface area contributed by atoms with Gasteiger partial charge in [-0.05, 0) is 0 Å². The molecule has 0 radical (unpaired) electrons. The summed E-state index contributed by atoms with van der Waals surface area (Å²) in [5, 5.41) is 3.66. The van der Waals surface area contributed by atoms with E-state index >= 15 is 0 Å². The van der Waals surface area contributed by atoms with Crippen molar-refractivity contribution >= 4 is 5.97 Å². The Kier molecular flexibility index (Phi) is 4.11. The van der Waals surface area contributed by atoms with Gasteiger partial charge in [0, 0.05) is 25.2 Å². The molecule has 0 N–H and O–H groups in total. The molecule has 1 fully saturated rings. The molecule has 1 saturated heterocycles. The summed E-state index contributed by atoms with van der Waals surface area (Å²) < 4.78 is 14.9. The monoisotopic (exact) mass is 240 g/mol. The van der Waals surface area contributed by atoms with Crippen molar-refractivity contribution in [3.05, 3.63) is 18.0 Å². The molecule has 0 spiro atoms. The van der Waals surface area contributed by atoms with Crippen molar-refractivity contribution < 1.29 is 18.8 Å². The van der Waals surface area contributed by atoms with Crippen LogP contribution in [-0.4, -0.2) is 48.9 Å². The Morgan fingerprint density at radius 2 is 2.59 bits per heavy atom. The molecule has 0 aromatic carbocycles. The number of esters is 1. The highest BCUT2D eigenvalue weighted by molar-refractivity contribution is 5.69. The van der Waals surface area contributed by atoms with Crippen LogP contribution in [-0.2, 0) is 20.8 Å². The quantitative estimate of drug-likeness (QED) is 0.711. The number of rotatable bonds is 4. The Morgan fingerprint density at radius 1 is 1.71 bits per heavy atom. The van der Waals surface area contributed by atoms with Gasteiger partial charge in [0.2, 0.25) is 0 Å². The highest BCUT2D eigenvalue weighted by atomic mass is 16.5. The van der Waals surface area contributed by atoms with E-state index in [9.17, 15) is 4.79 Å². The number of ether oxygens (including phenoxy) is 2. The summed E-state index contributed by atoms with van der Waals surface area (Å²) in [4.78, 5) is 13.4. The minimum Gasteiger partial charge on any atom is -0.469 e. The average molecular weight is 240 g/mol. The van der Waals surface area contributed by atoms with Crippen molar-refractivity contribution in [3.8, 4) is 0 Å². The largest absolute Gasteiger partial charge is 0.469 e. The van der Waals surface area contributed by atoms with Crippen molar-refractivity contribution in [1.29, 1.82) is 0 Å². The summed E-state index contributed by atoms with van der Waals surface area (Å²) in [6, 6.07) is 0. The lowest BCUT2D eigenvalue weighted by Gasteiger charge is -2.31. The summed E-state index contributed by atoms with van der Waals surface area (Å²) in [5.41, 5.74) is 1.03. The van der Waals surface area contributed by atoms with Gasteiger partial charge in [-0.1, -0.05) is 5.16 Å². The lowest BCUT2D eigenvalue weighted by molar-refractivity contribution is -0.145. The van der Waals surface area contributed by atoms with Crippen LogP contribution in [0.2, 0.25) is 0 Å². The predicted molar refractivity (Wildman–Crippen MR) is 58.2 cm³/mol. The minimum absolute atomic E-state index is 0.0870. The SMILES string of the molecule is COC(=O)CC1CN(Cc2cnoc2)CCO1. The lowest BCUT2D eigenvalue weighted by Crippen LogP contribution is -2.42. The summed E-state index contributed by atoms with van der Waals surface area (Å²) >= 11 is 0. The summed E-state index contributed by atoms with van der Waals surface area (Å²) in [6.45, 7) is 2.97.